The van der Waals surface area contributed by atoms with Gasteiger partial charge in [-0.1, -0.05) is 29.1 Å². The molecule has 0 aliphatic rings. The molecule has 0 fully saturated rings. The van der Waals surface area contributed by atoms with E-state index in [-0.39, 0.29) is 5.82 Å². The van der Waals surface area contributed by atoms with Crippen molar-refractivity contribution in [2.75, 3.05) is 0 Å². The molecule has 0 spiro atoms. The summed E-state index contributed by atoms with van der Waals surface area (Å²) in [6.07, 6.45) is 0. The molecule has 0 aliphatic carbocycles. The van der Waals surface area contributed by atoms with Crippen LogP contribution in [-0.4, -0.2) is 19.7 Å². The molecule has 0 unspecified atom stereocenters. The number of hydrogen-bond acceptors (Lipinski definition) is 5. The van der Waals surface area contributed by atoms with E-state index in [9.17, 15) is 4.39 Å². The molecule has 2 aromatic carbocycles. The molecule has 24 heavy (non-hydrogen) atoms. The van der Waals surface area contributed by atoms with E-state index in [2.05, 4.69) is 15.1 Å². The Bertz CT molecular complexity index is 993. The fraction of sp³-hybridized carbons (Fsp3) is 0.118. The zero-order valence-corrected chi connectivity index (χ0v) is 13.6. The SMILES string of the molecule is Cn1c(SCc2noc(-c3ccc(F)cc3)n2)nc2ccccc21. The van der Waals surface area contributed by atoms with Crippen molar-refractivity contribution in [3.63, 3.8) is 0 Å². The zero-order chi connectivity index (χ0) is 16.5. The van der Waals surface area contributed by atoms with Gasteiger partial charge in [0, 0.05) is 12.6 Å². The lowest BCUT2D eigenvalue weighted by Gasteiger charge is -1.99. The van der Waals surface area contributed by atoms with Crippen LogP contribution in [0.5, 0.6) is 0 Å². The molecule has 7 heteroatoms. The van der Waals surface area contributed by atoms with Crippen LogP contribution >= 0.6 is 11.8 Å². The van der Waals surface area contributed by atoms with Crippen LogP contribution in [0.15, 0.2) is 58.2 Å². The molecule has 0 saturated carbocycles. The predicted octanol–water partition coefficient (Wildman–Crippen LogP) is 4.05. The van der Waals surface area contributed by atoms with E-state index >= 15 is 0 Å². The second-order valence-corrected chi connectivity index (χ2v) is 6.20. The summed E-state index contributed by atoms with van der Waals surface area (Å²) < 4.78 is 20.2. The maximum atomic E-state index is 13.0. The number of benzene rings is 2. The highest BCUT2D eigenvalue weighted by atomic mass is 32.2. The maximum absolute atomic E-state index is 13.0. The molecule has 120 valence electrons. The van der Waals surface area contributed by atoms with Crippen molar-refractivity contribution in [2.24, 2.45) is 7.05 Å². The summed E-state index contributed by atoms with van der Waals surface area (Å²) in [7, 11) is 1.98. The highest BCUT2D eigenvalue weighted by Crippen LogP contribution is 2.26. The van der Waals surface area contributed by atoms with Gasteiger partial charge in [-0.25, -0.2) is 9.37 Å². The lowest BCUT2D eigenvalue weighted by atomic mass is 10.2. The number of hydrogen-bond donors (Lipinski definition) is 0. The average molecular weight is 340 g/mol. The van der Waals surface area contributed by atoms with E-state index in [1.165, 1.54) is 12.1 Å². The molecule has 0 amide bonds. The Labute approximate surface area is 141 Å². The van der Waals surface area contributed by atoms with E-state index in [4.69, 9.17) is 4.52 Å². The first-order valence-electron chi connectivity index (χ1n) is 7.33. The summed E-state index contributed by atoms with van der Waals surface area (Å²) in [5, 5.41) is 4.87. The average Bonchev–Trinajstić information content (AvgIpc) is 3.19. The number of halogens is 1. The van der Waals surface area contributed by atoms with Gasteiger partial charge in [0.15, 0.2) is 11.0 Å². The minimum atomic E-state index is -0.295. The number of aryl methyl sites for hydroxylation is 1. The van der Waals surface area contributed by atoms with Crippen LogP contribution in [0.4, 0.5) is 4.39 Å². The van der Waals surface area contributed by atoms with Gasteiger partial charge in [-0.15, -0.1) is 0 Å². The maximum Gasteiger partial charge on any atom is 0.257 e. The molecular weight excluding hydrogens is 327 g/mol. The fourth-order valence-electron chi connectivity index (χ4n) is 2.40. The topological polar surface area (TPSA) is 56.7 Å². The van der Waals surface area contributed by atoms with Crippen molar-refractivity contribution in [2.45, 2.75) is 10.9 Å². The minimum Gasteiger partial charge on any atom is -0.334 e. The predicted molar refractivity (Wildman–Crippen MR) is 90.0 cm³/mol. The molecular formula is C17H13FN4OS. The monoisotopic (exact) mass is 340 g/mol. The number of para-hydroxylation sites is 2. The Morgan fingerprint density at radius 3 is 2.67 bits per heavy atom. The van der Waals surface area contributed by atoms with Gasteiger partial charge in [0.2, 0.25) is 0 Å². The minimum absolute atomic E-state index is 0.295. The second-order valence-electron chi connectivity index (χ2n) is 5.25. The van der Waals surface area contributed by atoms with E-state index in [0.717, 1.165) is 16.2 Å². The quantitative estimate of drug-likeness (QED) is 0.525. The normalized spacial score (nSPS) is 11.2. The number of imidazole rings is 1. The van der Waals surface area contributed by atoms with Gasteiger partial charge >= 0.3 is 0 Å². The molecule has 4 rings (SSSR count). The van der Waals surface area contributed by atoms with Gasteiger partial charge in [0.05, 0.1) is 16.8 Å². The van der Waals surface area contributed by atoms with Crippen molar-refractivity contribution in [1.82, 2.24) is 19.7 Å². The van der Waals surface area contributed by atoms with Crippen molar-refractivity contribution < 1.29 is 8.91 Å². The van der Waals surface area contributed by atoms with Crippen LogP contribution in [0, 0.1) is 5.82 Å². The van der Waals surface area contributed by atoms with Gasteiger partial charge in [-0.3, -0.25) is 0 Å². The second kappa shape index (κ2) is 6.09. The Morgan fingerprint density at radius 2 is 1.88 bits per heavy atom. The Kier molecular flexibility index (Phi) is 3.78. The van der Waals surface area contributed by atoms with Crippen LogP contribution in [0.1, 0.15) is 5.82 Å². The van der Waals surface area contributed by atoms with E-state index in [1.54, 1.807) is 23.9 Å². The zero-order valence-electron chi connectivity index (χ0n) is 12.8. The Balaban J connectivity index is 1.51. The number of fused-ring (bicyclic) bond motifs is 1. The third-order valence-electron chi connectivity index (χ3n) is 3.64. The molecule has 2 aromatic heterocycles. The Morgan fingerprint density at radius 1 is 1.08 bits per heavy atom. The van der Waals surface area contributed by atoms with Gasteiger partial charge in [0.1, 0.15) is 5.82 Å². The molecule has 0 saturated heterocycles. The summed E-state index contributed by atoms with van der Waals surface area (Å²) in [6, 6.07) is 14.0. The first-order chi connectivity index (χ1) is 11.7. The van der Waals surface area contributed by atoms with Crippen LogP contribution in [0.25, 0.3) is 22.5 Å². The molecule has 0 radical (unpaired) electrons. The Hall–Kier alpha value is -2.67. The van der Waals surface area contributed by atoms with Crippen molar-refractivity contribution in [1.29, 1.82) is 0 Å². The summed E-state index contributed by atoms with van der Waals surface area (Å²) in [4.78, 5) is 8.95. The molecule has 5 nitrogen and oxygen atoms in total. The number of thioether (sulfide) groups is 1. The van der Waals surface area contributed by atoms with E-state index < -0.39 is 0 Å². The highest BCUT2D eigenvalue weighted by molar-refractivity contribution is 7.98. The molecule has 4 aromatic rings. The third kappa shape index (κ3) is 2.78. The number of nitrogens with zero attached hydrogens (tertiary/aromatic N) is 4. The summed E-state index contributed by atoms with van der Waals surface area (Å²) >= 11 is 1.54. The van der Waals surface area contributed by atoms with Crippen molar-refractivity contribution >= 4 is 22.8 Å². The lowest BCUT2D eigenvalue weighted by Crippen LogP contribution is -1.92. The standard InChI is InChI=1S/C17H13FN4OS/c1-22-14-5-3-2-4-13(14)19-17(22)24-10-15-20-16(23-21-15)11-6-8-12(18)9-7-11/h2-9H,10H2,1H3. The summed E-state index contributed by atoms with van der Waals surface area (Å²) in [6.45, 7) is 0. The van der Waals surface area contributed by atoms with Crippen molar-refractivity contribution in [3.05, 3.63) is 60.2 Å². The van der Waals surface area contributed by atoms with Gasteiger partial charge in [-0.05, 0) is 36.4 Å². The van der Waals surface area contributed by atoms with Crippen LogP contribution in [0.2, 0.25) is 0 Å². The van der Waals surface area contributed by atoms with E-state index in [0.29, 0.717) is 23.0 Å². The highest BCUT2D eigenvalue weighted by Gasteiger charge is 2.12. The first kappa shape index (κ1) is 14.9. The molecule has 0 aliphatic heterocycles. The number of rotatable bonds is 4. The smallest absolute Gasteiger partial charge is 0.257 e. The molecule has 0 N–H and O–H groups in total. The van der Waals surface area contributed by atoms with Crippen LogP contribution < -0.4 is 0 Å². The summed E-state index contributed by atoms with van der Waals surface area (Å²) in [5.74, 6) is 1.21. The van der Waals surface area contributed by atoms with Crippen LogP contribution in [-0.2, 0) is 12.8 Å². The van der Waals surface area contributed by atoms with E-state index in [1.807, 2.05) is 35.9 Å². The lowest BCUT2D eigenvalue weighted by molar-refractivity contribution is 0.425. The number of aromatic nitrogens is 4. The largest absolute Gasteiger partial charge is 0.334 e. The van der Waals surface area contributed by atoms with Gasteiger partial charge in [0.25, 0.3) is 5.89 Å². The van der Waals surface area contributed by atoms with Crippen molar-refractivity contribution in [3.8, 4) is 11.5 Å². The summed E-state index contributed by atoms with van der Waals surface area (Å²) in [5.41, 5.74) is 2.74. The third-order valence-corrected chi connectivity index (χ3v) is 4.66. The van der Waals surface area contributed by atoms with Crippen LogP contribution in [0.3, 0.4) is 0 Å². The van der Waals surface area contributed by atoms with Gasteiger partial charge < -0.3 is 9.09 Å². The molecule has 0 bridgehead atoms. The van der Waals surface area contributed by atoms with Gasteiger partial charge in [-0.2, -0.15) is 4.98 Å². The first-order valence-corrected chi connectivity index (χ1v) is 8.32. The molecule has 0 atom stereocenters. The molecule has 2 heterocycles. The fourth-order valence-corrected chi connectivity index (χ4v) is 3.23.